The van der Waals surface area contributed by atoms with Gasteiger partial charge in [-0.1, -0.05) is 48.0 Å². The molecule has 0 aliphatic heterocycles. The molecule has 0 radical (unpaired) electrons. The number of anilines is 1. The molecule has 10 heteroatoms. The van der Waals surface area contributed by atoms with Crippen molar-refractivity contribution < 1.29 is 9.21 Å². The summed E-state index contributed by atoms with van der Waals surface area (Å²) in [6, 6.07) is 8.71. The van der Waals surface area contributed by atoms with E-state index in [1.54, 1.807) is 24.3 Å². The largest absolute Gasteiger partial charge is 0.446 e. The van der Waals surface area contributed by atoms with E-state index >= 15 is 0 Å². The normalized spacial score (nSPS) is 11.0. The quantitative estimate of drug-likeness (QED) is 0.428. The molecule has 0 atom stereocenters. The van der Waals surface area contributed by atoms with E-state index in [2.05, 4.69) is 38.4 Å². The minimum absolute atomic E-state index is 0.159. The molecule has 0 aliphatic carbocycles. The van der Waals surface area contributed by atoms with Gasteiger partial charge in [0.15, 0.2) is 15.6 Å². The molecule has 1 aromatic carbocycles. The van der Waals surface area contributed by atoms with Gasteiger partial charge in [0.05, 0.1) is 21.5 Å². The Morgan fingerprint density at radius 1 is 1.30 bits per heavy atom. The summed E-state index contributed by atoms with van der Waals surface area (Å²) < 4.78 is 8.14. The van der Waals surface area contributed by atoms with Crippen molar-refractivity contribution in [2.45, 2.75) is 25.0 Å². The molecule has 27 heavy (non-hydrogen) atoms. The van der Waals surface area contributed by atoms with Gasteiger partial charge in [-0.3, -0.25) is 9.36 Å². The first-order chi connectivity index (χ1) is 13.0. The lowest BCUT2D eigenvalue weighted by Crippen LogP contribution is -2.15. The van der Waals surface area contributed by atoms with Crippen LogP contribution in [0.25, 0.3) is 11.6 Å². The van der Waals surface area contributed by atoms with E-state index in [4.69, 9.17) is 27.6 Å². The van der Waals surface area contributed by atoms with Crippen LogP contribution in [0.2, 0.25) is 10.0 Å². The van der Waals surface area contributed by atoms with Gasteiger partial charge < -0.3 is 9.73 Å². The highest BCUT2D eigenvalue weighted by atomic mass is 79.9. The third kappa shape index (κ3) is 4.87. The molecule has 0 spiro atoms. The minimum Gasteiger partial charge on any atom is -0.446 e. The summed E-state index contributed by atoms with van der Waals surface area (Å²) in [6.45, 7) is 2.77. The fourth-order valence-corrected chi connectivity index (χ4v) is 3.77. The molecule has 3 rings (SSSR count). The number of carbonyl (C=O) groups excluding carboxylic acids is 1. The highest BCUT2D eigenvalue weighted by molar-refractivity contribution is 9.10. The molecular weight excluding hydrogens is 475 g/mol. The van der Waals surface area contributed by atoms with Crippen molar-refractivity contribution >= 4 is 62.5 Å². The number of amides is 1. The molecule has 2 heterocycles. The van der Waals surface area contributed by atoms with Gasteiger partial charge in [-0.2, -0.15) is 0 Å². The van der Waals surface area contributed by atoms with E-state index in [1.807, 2.05) is 10.6 Å². The number of thioether (sulfide) groups is 1. The SMILES string of the molecule is CCCn1c(SCC(=O)Nc2cccc(Cl)c2Cl)nnc1-c1ccc(Br)o1. The van der Waals surface area contributed by atoms with Crippen LogP contribution in [0.15, 0.2) is 44.6 Å². The number of hydrogen-bond acceptors (Lipinski definition) is 5. The first kappa shape index (κ1) is 20.3. The zero-order valence-electron chi connectivity index (χ0n) is 14.2. The standard InChI is InChI=1S/C17H15BrCl2N4O2S/c1-2-8-24-16(12-6-7-13(18)26-12)22-23-17(24)27-9-14(25)21-11-5-3-4-10(19)15(11)20/h3-7H,2,8-9H2,1H3,(H,21,25). The summed E-state index contributed by atoms with van der Waals surface area (Å²) in [5, 5.41) is 12.5. The van der Waals surface area contributed by atoms with Crippen molar-refractivity contribution in [2.24, 2.45) is 0 Å². The molecule has 1 amide bonds. The van der Waals surface area contributed by atoms with Crippen molar-refractivity contribution in [3.05, 3.63) is 45.0 Å². The van der Waals surface area contributed by atoms with Crippen molar-refractivity contribution in [3.8, 4) is 11.6 Å². The maximum Gasteiger partial charge on any atom is 0.234 e. The Balaban J connectivity index is 1.71. The van der Waals surface area contributed by atoms with Gasteiger partial charge in [0.1, 0.15) is 0 Å². The third-order valence-corrected chi connectivity index (χ3v) is 5.73. The molecular formula is C17H15BrCl2N4O2S. The van der Waals surface area contributed by atoms with Crippen LogP contribution in [0.5, 0.6) is 0 Å². The Hall–Kier alpha value is -1.48. The molecule has 0 fully saturated rings. The van der Waals surface area contributed by atoms with Gasteiger partial charge in [0.25, 0.3) is 0 Å². The van der Waals surface area contributed by atoms with E-state index in [0.29, 0.717) is 43.7 Å². The fraction of sp³-hybridized carbons (Fsp3) is 0.235. The average Bonchev–Trinajstić information content (AvgIpc) is 3.24. The fourth-order valence-electron chi connectivity index (χ4n) is 2.35. The maximum atomic E-state index is 12.3. The Morgan fingerprint density at radius 2 is 2.11 bits per heavy atom. The Labute approximate surface area is 178 Å². The van der Waals surface area contributed by atoms with E-state index in [1.165, 1.54) is 11.8 Å². The van der Waals surface area contributed by atoms with E-state index < -0.39 is 0 Å². The lowest BCUT2D eigenvalue weighted by atomic mass is 10.3. The van der Waals surface area contributed by atoms with Crippen molar-refractivity contribution in [3.63, 3.8) is 0 Å². The molecule has 6 nitrogen and oxygen atoms in total. The van der Waals surface area contributed by atoms with Crippen LogP contribution in [-0.4, -0.2) is 26.4 Å². The monoisotopic (exact) mass is 488 g/mol. The third-order valence-electron chi connectivity index (χ3n) is 3.52. The molecule has 0 aliphatic rings. The first-order valence-electron chi connectivity index (χ1n) is 8.05. The lowest BCUT2D eigenvalue weighted by Gasteiger charge is -2.09. The molecule has 0 bridgehead atoms. The second-order valence-electron chi connectivity index (χ2n) is 5.50. The summed E-state index contributed by atoms with van der Waals surface area (Å²) in [5.41, 5.74) is 0.478. The predicted molar refractivity (Wildman–Crippen MR) is 112 cm³/mol. The number of nitrogens with one attached hydrogen (secondary N) is 1. The maximum absolute atomic E-state index is 12.3. The summed E-state index contributed by atoms with van der Waals surface area (Å²) in [7, 11) is 0. The minimum atomic E-state index is -0.211. The van der Waals surface area contributed by atoms with Crippen molar-refractivity contribution in [2.75, 3.05) is 11.1 Å². The van der Waals surface area contributed by atoms with Gasteiger partial charge in [-0.15, -0.1) is 10.2 Å². The van der Waals surface area contributed by atoms with Gasteiger partial charge in [0, 0.05) is 6.54 Å². The second kappa shape index (κ2) is 9.14. The van der Waals surface area contributed by atoms with Gasteiger partial charge in [-0.25, -0.2) is 0 Å². The number of carbonyl (C=O) groups is 1. The number of halogens is 3. The van der Waals surface area contributed by atoms with Crippen LogP contribution in [0.4, 0.5) is 5.69 Å². The molecule has 2 aromatic heterocycles. The lowest BCUT2D eigenvalue weighted by molar-refractivity contribution is -0.113. The van der Waals surface area contributed by atoms with Gasteiger partial charge >= 0.3 is 0 Å². The van der Waals surface area contributed by atoms with Crippen LogP contribution < -0.4 is 5.32 Å². The second-order valence-corrected chi connectivity index (χ2v) is 8.01. The predicted octanol–water partition coefficient (Wildman–Crippen LogP) is 5.75. The van der Waals surface area contributed by atoms with Gasteiger partial charge in [-0.05, 0) is 46.6 Å². The van der Waals surface area contributed by atoms with Gasteiger partial charge in [0.2, 0.25) is 11.7 Å². The molecule has 0 saturated carbocycles. The number of rotatable bonds is 7. The van der Waals surface area contributed by atoms with Crippen LogP contribution in [0, 0.1) is 0 Å². The number of benzene rings is 1. The Kier molecular flexibility index (Phi) is 6.86. The smallest absolute Gasteiger partial charge is 0.234 e. The Morgan fingerprint density at radius 3 is 2.81 bits per heavy atom. The van der Waals surface area contributed by atoms with Crippen LogP contribution in [-0.2, 0) is 11.3 Å². The zero-order valence-corrected chi connectivity index (χ0v) is 18.1. The highest BCUT2D eigenvalue weighted by Gasteiger charge is 2.18. The van der Waals surface area contributed by atoms with Crippen LogP contribution in [0.3, 0.4) is 0 Å². The van der Waals surface area contributed by atoms with Crippen LogP contribution in [0.1, 0.15) is 13.3 Å². The van der Waals surface area contributed by atoms with Crippen molar-refractivity contribution in [1.29, 1.82) is 0 Å². The topological polar surface area (TPSA) is 73.0 Å². The number of aromatic nitrogens is 3. The molecule has 0 unspecified atom stereocenters. The van der Waals surface area contributed by atoms with Crippen molar-refractivity contribution in [1.82, 2.24) is 14.8 Å². The first-order valence-corrected chi connectivity index (χ1v) is 10.6. The Bertz CT molecular complexity index is 960. The summed E-state index contributed by atoms with van der Waals surface area (Å²) in [4.78, 5) is 12.3. The number of nitrogens with zero attached hydrogens (tertiary/aromatic N) is 3. The summed E-state index contributed by atoms with van der Waals surface area (Å²) in [6.07, 6.45) is 0.894. The van der Waals surface area contributed by atoms with E-state index in [0.717, 1.165) is 6.42 Å². The molecule has 1 N–H and O–H groups in total. The summed E-state index contributed by atoms with van der Waals surface area (Å²) in [5.74, 6) is 1.19. The van der Waals surface area contributed by atoms with E-state index in [-0.39, 0.29) is 11.7 Å². The van der Waals surface area contributed by atoms with Crippen LogP contribution >= 0.6 is 50.9 Å². The number of hydrogen-bond donors (Lipinski definition) is 1. The summed E-state index contributed by atoms with van der Waals surface area (Å²) >= 11 is 16.7. The van der Waals surface area contributed by atoms with E-state index in [9.17, 15) is 4.79 Å². The molecule has 3 aromatic rings. The molecule has 0 saturated heterocycles. The zero-order chi connectivity index (χ0) is 19.4. The molecule has 142 valence electrons. The average molecular weight is 490 g/mol. The highest BCUT2D eigenvalue weighted by Crippen LogP contribution is 2.30. The number of furan rings is 1.